The molecular formula is C12H15ClF3N3O2. The minimum Gasteiger partial charge on any atom is -0.383 e. The van der Waals surface area contributed by atoms with Gasteiger partial charge in [0.2, 0.25) is 5.91 Å². The molecule has 1 rings (SSSR count). The number of aromatic nitrogens is 1. The van der Waals surface area contributed by atoms with E-state index in [0.717, 1.165) is 6.07 Å². The van der Waals surface area contributed by atoms with Gasteiger partial charge in [0.25, 0.3) is 0 Å². The Morgan fingerprint density at radius 2 is 2.19 bits per heavy atom. The van der Waals surface area contributed by atoms with Gasteiger partial charge in [-0.05, 0) is 13.0 Å². The zero-order chi connectivity index (χ0) is 16.0. The first-order valence-electron chi connectivity index (χ1n) is 6.01. The number of carbonyl (C=O) groups is 1. The van der Waals surface area contributed by atoms with Crippen molar-refractivity contribution < 1.29 is 22.7 Å². The second-order valence-corrected chi connectivity index (χ2v) is 4.61. The van der Waals surface area contributed by atoms with Gasteiger partial charge in [-0.15, -0.1) is 0 Å². The van der Waals surface area contributed by atoms with Crippen molar-refractivity contribution in [3.05, 3.63) is 22.8 Å². The number of hydrogen-bond acceptors (Lipinski definition) is 4. The number of methoxy groups -OCH3 is 1. The predicted molar refractivity (Wildman–Crippen MR) is 72.2 cm³/mol. The van der Waals surface area contributed by atoms with Crippen LogP contribution in [0, 0.1) is 0 Å². The van der Waals surface area contributed by atoms with Crippen LogP contribution < -0.4 is 10.6 Å². The fraction of sp³-hybridized carbons (Fsp3) is 0.500. The largest absolute Gasteiger partial charge is 0.417 e. The Labute approximate surface area is 124 Å². The van der Waals surface area contributed by atoms with Crippen molar-refractivity contribution in [1.29, 1.82) is 0 Å². The summed E-state index contributed by atoms with van der Waals surface area (Å²) in [5.41, 5.74) is -0.949. The zero-order valence-corrected chi connectivity index (χ0v) is 12.2. The van der Waals surface area contributed by atoms with Crippen molar-refractivity contribution in [2.45, 2.75) is 19.1 Å². The van der Waals surface area contributed by atoms with Crippen molar-refractivity contribution in [3.8, 4) is 0 Å². The molecule has 0 fully saturated rings. The maximum atomic E-state index is 12.5. The second kappa shape index (κ2) is 7.46. The summed E-state index contributed by atoms with van der Waals surface area (Å²) < 4.78 is 42.2. The molecule has 0 saturated heterocycles. The molecule has 0 bridgehead atoms. The van der Waals surface area contributed by atoms with E-state index >= 15 is 0 Å². The fourth-order valence-electron chi connectivity index (χ4n) is 1.40. The summed E-state index contributed by atoms with van der Waals surface area (Å²) >= 11 is 5.73. The van der Waals surface area contributed by atoms with Gasteiger partial charge >= 0.3 is 6.18 Å². The van der Waals surface area contributed by atoms with Gasteiger partial charge in [-0.1, -0.05) is 11.6 Å². The SMILES string of the molecule is COCCNC(=O)C(C)Nc1ncc(C(F)(F)F)cc1Cl. The maximum absolute atomic E-state index is 12.5. The van der Waals surface area contributed by atoms with Crippen LogP contribution in [0.15, 0.2) is 12.3 Å². The lowest BCUT2D eigenvalue weighted by Crippen LogP contribution is -2.39. The Balaban J connectivity index is 2.68. The molecule has 1 aromatic heterocycles. The van der Waals surface area contributed by atoms with Crippen LogP contribution in [0.25, 0.3) is 0 Å². The fourth-order valence-corrected chi connectivity index (χ4v) is 1.62. The van der Waals surface area contributed by atoms with Crippen LogP contribution in [-0.2, 0) is 15.7 Å². The average molecular weight is 326 g/mol. The van der Waals surface area contributed by atoms with Gasteiger partial charge in [0, 0.05) is 19.9 Å². The van der Waals surface area contributed by atoms with Crippen molar-refractivity contribution in [2.75, 3.05) is 25.6 Å². The molecule has 9 heteroatoms. The number of amides is 1. The first-order chi connectivity index (χ1) is 9.75. The highest BCUT2D eigenvalue weighted by Gasteiger charge is 2.31. The quantitative estimate of drug-likeness (QED) is 0.788. The van der Waals surface area contributed by atoms with E-state index in [1.165, 1.54) is 14.0 Å². The molecular weight excluding hydrogens is 311 g/mol. The number of nitrogens with one attached hydrogen (secondary N) is 2. The third kappa shape index (κ3) is 5.39. The van der Waals surface area contributed by atoms with Crippen LogP contribution in [0.3, 0.4) is 0 Å². The zero-order valence-electron chi connectivity index (χ0n) is 11.4. The molecule has 0 aliphatic carbocycles. The number of hydrogen-bond donors (Lipinski definition) is 2. The smallest absolute Gasteiger partial charge is 0.383 e. The molecule has 21 heavy (non-hydrogen) atoms. The molecule has 0 aliphatic heterocycles. The van der Waals surface area contributed by atoms with E-state index in [4.69, 9.17) is 16.3 Å². The minimum absolute atomic E-state index is 0.0130. The van der Waals surface area contributed by atoms with E-state index in [2.05, 4.69) is 15.6 Å². The summed E-state index contributed by atoms with van der Waals surface area (Å²) in [6.07, 6.45) is -3.86. The predicted octanol–water partition coefficient (Wildman–Crippen LogP) is 2.32. The van der Waals surface area contributed by atoms with E-state index in [9.17, 15) is 18.0 Å². The Morgan fingerprint density at radius 1 is 1.52 bits per heavy atom. The number of nitrogens with zero attached hydrogens (tertiary/aromatic N) is 1. The summed E-state index contributed by atoms with van der Waals surface area (Å²) in [5, 5.41) is 5.03. The summed E-state index contributed by atoms with van der Waals surface area (Å²) in [6, 6.07) is 0.0514. The van der Waals surface area contributed by atoms with Crippen LogP contribution in [0.1, 0.15) is 12.5 Å². The highest BCUT2D eigenvalue weighted by molar-refractivity contribution is 6.33. The Morgan fingerprint density at radius 3 is 2.71 bits per heavy atom. The van der Waals surface area contributed by atoms with Crippen molar-refractivity contribution in [3.63, 3.8) is 0 Å². The average Bonchev–Trinajstić information content (AvgIpc) is 2.39. The van der Waals surface area contributed by atoms with E-state index in [0.29, 0.717) is 19.3 Å². The van der Waals surface area contributed by atoms with Crippen molar-refractivity contribution in [2.24, 2.45) is 0 Å². The molecule has 0 aliphatic rings. The molecule has 0 aromatic carbocycles. The summed E-state index contributed by atoms with van der Waals surface area (Å²) in [7, 11) is 1.50. The molecule has 1 aromatic rings. The first kappa shape index (κ1) is 17.5. The lowest BCUT2D eigenvalue weighted by Gasteiger charge is -2.16. The molecule has 1 unspecified atom stereocenters. The number of anilines is 1. The Hall–Kier alpha value is -1.54. The first-order valence-corrected chi connectivity index (χ1v) is 6.39. The molecule has 2 N–H and O–H groups in total. The number of alkyl halides is 3. The van der Waals surface area contributed by atoms with Gasteiger partial charge in [-0.2, -0.15) is 13.2 Å². The van der Waals surface area contributed by atoms with Gasteiger partial charge in [-0.3, -0.25) is 4.79 Å². The van der Waals surface area contributed by atoms with Gasteiger partial charge in [0.05, 0.1) is 17.2 Å². The maximum Gasteiger partial charge on any atom is 0.417 e. The number of pyridine rings is 1. The van der Waals surface area contributed by atoms with E-state index in [1.807, 2.05) is 0 Å². The molecule has 1 amide bonds. The van der Waals surface area contributed by atoms with Gasteiger partial charge in [0.1, 0.15) is 11.9 Å². The van der Waals surface area contributed by atoms with Crippen LogP contribution in [0.4, 0.5) is 19.0 Å². The Kier molecular flexibility index (Phi) is 6.22. The number of rotatable bonds is 6. The Bertz CT molecular complexity index is 497. The van der Waals surface area contributed by atoms with Crippen LogP contribution in [-0.4, -0.2) is 37.2 Å². The van der Waals surface area contributed by atoms with Crippen LogP contribution in [0.5, 0.6) is 0 Å². The number of carbonyl (C=O) groups excluding carboxylic acids is 1. The second-order valence-electron chi connectivity index (χ2n) is 4.20. The normalized spacial score (nSPS) is 12.9. The van der Waals surface area contributed by atoms with E-state index in [1.54, 1.807) is 0 Å². The van der Waals surface area contributed by atoms with Gasteiger partial charge in [-0.25, -0.2) is 4.98 Å². The van der Waals surface area contributed by atoms with E-state index < -0.39 is 17.8 Å². The third-order valence-corrected chi connectivity index (χ3v) is 2.81. The highest BCUT2D eigenvalue weighted by Crippen LogP contribution is 2.32. The number of halogens is 4. The van der Waals surface area contributed by atoms with Crippen molar-refractivity contribution >= 4 is 23.3 Å². The van der Waals surface area contributed by atoms with E-state index in [-0.39, 0.29) is 16.7 Å². The van der Waals surface area contributed by atoms with Gasteiger partial charge in [0.15, 0.2) is 0 Å². The summed E-state index contributed by atoms with van der Waals surface area (Å²) in [5.74, 6) is -0.330. The molecule has 1 atom stereocenters. The number of ether oxygens (including phenoxy) is 1. The lowest BCUT2D eigenvalue weighted by molar-refractivity contribution is -0.137. The topological polar surface area (TPSA) is 63.2 Å². The highest BCUT2D eigenvalue weighted by atomic mass is 35.5. The lowest BCUT2D eigenvalue weighted by atomic mass is 10.2. The summed E-state index contributed by atoms with van der Waals surface area (Å²) in [6.45, 7) is 2.23. The summed E-state index contributed by atoms with van der Waals surface area (Å²) in [4.78, 5) is 15.3. The standard InChI is InChI=1S/C12H15ClF3N3O2/c1-7(11(20)17-3-4-21-2)19-10-9(13)5-8(6-18-10)12(14,15)16/h5-7H,3-4H2,1-2H3,(H,17,20)(H,18,19). The molecule has 0 saturated carbocycles. The molecule has 118 valence electrons. The monoisotopic (exact) mass is 325 g/mol. The molecule has 0 spiro atoms. The minimum atomic E-state index is -4.52. The van der Waals surface area contributed by atoms with Crippen LogP contribution >= 0.6 is 11.6 Å². The van der Waals surface area contributed by atoms with Crippen molar-refractivity contribution in [1.82, 2.24) is 10.3 Å². The third-order valence-electron chi connectivity index (χ3n) is 2.52. The van der Waals surface area contributed by atoms with Gasteiger partial charge < -0.3 is 15.4 Å². The van der Waals surface area contributed by atoms with Crippen LogP contribution in [0.2, 0.25) is 5.02 Å². The molecule has 5 nitrogen and oxygen atoms in total. The molecule has 0 radical (unpaired) electrons. The molecule has 1 heterocycles.